The molecule has 2 aliphatic rings. The quantitative estimate of drug-likeness (QED) is 0.683. The number of nitrogens with one attached hydrogen (secondary N) is 1. The lowest BCUT2D eigenvalue weighted by molar-refractivity contribution is 0.313. The van der Waals surface area contributed by atoms with E-state index in [1.165, 1.54) is 18.5 Å². The van der Waals surface area contributed by atoms with Crippen LogP contribution < -0.4 is 5.32 Å². The maximum absolute atomic E-state index is 4.17. The average Bonchev–Trinajstić information content (AvgIpc) is 2.70. The summed E-state index contributed by atoms with van der Waals surface area (Å²) in [4.78, 5) is 0. The maximum atomic E-state index is 4.17. The second-order valence-corrected chi connectivity index (χ2v) is 3.71. The van der Waals surface area contributed by atoms with E-state index in [0.29, 0.717) is 6.04 Å². The van der Waals surface area contributed by atoms with E-state index in [4.69, 9.17) is 0 Å². The second kappa shape index (κ2) is 2.29. The third-order valence-corrected chi connectivity index (χ3v) is 2.66. The van der Waals surface area contributed by atoms with E-state index in [9.17, 15) is 0 Å². The van der Waals surface area contributed by atoms with Crippen molar-refractivity contribution in [1.82, 2.24) is 20.3 Å². The number of hydrogen-bond donors (Lipinski definition) is 1. The smallest absolute Gasteiger partial charge is 0.0858 e. The highest BCUT2D eigenvalue weighted by atomic mass is 15.5. The Morgan fingerprint density at radius 1 is 1.42 bits per heavy atom. The molecule has 1 saturated heterocycles. The summed E-state index contributed by atoms with van der Waals surface area (Å²) >= 11 is 0. The van der Waals surface area contributed by atoms with Gasteiger partial charge in [0, 0.05) is 25.2 Å². The fourth-order valence-electron chi connectivity index (χ4n) is 1.50. The van der Waals surface area contributed by atoms with Gasteiger partial charge >= 0.3 is 0 Å². The van der Waals surface area contributed by atoms with Crippen LogP contribution in [0.3, 0.4) is 0 Å². The van der Waals surface area contributed by atoms with Crippen LogP contribution in [0.15, 0.2) is 6.20 Å². The molecule has 0 radical (unpaired) electrons. The fraction of sp³-hybridized carbons (Fsp3) is 0.750. The number of rotatable bonds is 2. The van der Waals surface area contributed by atoms with Crippen molar-refractivity contribution in [2.45, 2.75) is 24.8 Å². The standard InChI is InChI=1S/C8H12N4/c1-2-6(1)8-5-12(11-10-8)7-3-9-4-7/h5-7,9H,1-4H2. The first-order valence-electron chi connectivity index (χ1n) is 4.56. The molecule has 64 valence electrons. The Morgan fingerprint density at radius 3 is 2.83 bits per heavy atom. The molecule has 0 unspecified atom stereocenters. The molecule has 0 bridgehead atoms. The Bertz CT molecular complexity index is 285. The van der Waals surface area contributed by atoms with Gasteiger partial charge in [0.25, 0.3) is 0 Å². The largest absolute Gasteiger partial charge is 0.312 e. The molecule has 0 amide bonds. The Labute approximate surface area is 71.0 Å². The van der Waals surface area contributed by atoms with Gasteiger partial charge in [0.15, 0.2) is 0 Å². The summed E-state index contributed by atoms with van der Waals surface area (Å²) in [5.41, 5.74) is 1.20. The summed E-state index contributed by atoms with van der Waals surface area (Å²) in [5.74, 6) is 0.729. The van der Waals surface area contributed by atoms with Gasteiger partial charge in [0.05, 0.1) is 11.7 Å². The highest BCUT2D eigenvalue weighted by Crippen LogP contribution is 2.38. The van der Waals surface area contributed by atoms with Gasteiger partial charge in [-0.05, 0) is 12.8 Å². The van der Waals surface area contributed by atoms with Crippen LogP contribution in [0.4, 0.5) is 0 Å². The summed E-state index contributed by atoms with van der Waals surface area (Å²) < 4.78 is 2.00. The summed E-state index contributed by atoms with van der Waals surface area (Å²) in [6, 6.07) is 0.560. The Hall–Kier alpha value is -0.900. The van der Waals surface area contributed by atoms with Crippen LogP contribution in [0.2, 0.25) is 0 Å². The predicted molar refractivity (Wildman–Crippen MR) is 43.9 cm³/mol. The van der Waals surface area contributed by atoms with E-state index in [2.05, 4.69) is 21.8 Å². The van der Waals surface area contributed by atoms with Gasteiger partial charge in [0.1, 0.15) is 0 Å². The van der Waals surface area contributed by atoms with Crippen LogP contribution in [0, 0.1) is 0 Å². The first kappa shape index (κ1) is 6.60. The van der Waals surface area contributed by atoms with E-state index < -0.39 is 0 Å². The van der Waals surface area contributed by atoms with Gasteiger partial charge in [-0.15, -0.1) is 5.10 Å². The SMILES string of the molecule is c1c(C2CC2)nnn1C1CNC1. The van der Waals surface area contributed by atoms with Crippen LogP contribution in [-0.2, 0) is 0 Å². The summed E-state index contributed by atoms with van der Waals surface area (Å²) in [7, 11) is 0. The first-order chi connectivity index (χ1) is 5.93. The average molecular weight is 164 g/mol. The van der Waals surface area contributed by atoms with Gasteiger partial charge in [-0.3, -0.25) is 0 Å². The van der Waals surface area contributed by atoms with Crippen molar-refractivity contribution < 1.29 is 0 Å². The van der Waals surface area contributed by atoms with E-state index in [0.717, 1.165) is 19.0 Å². The van der Waals surface area contributed by atoms with Crippen molar-refractivity contribution >= 4 is 0 Å². The van der Waals surface area contributed by atoms with Crippen molar-refractivity contribution in [3.05, 3.63) is 11.9 Å². The zero-order valence-electron chi connectivity index (χ0n) is 6.90. The van der Waals surface area contributed by atoms with Crippen molar-refractivity contribution in [3.8, 4) is 0 Å². The van der Waals surface area contributed by atoms with Crippen molar-refractivity contribution in [1.29, 1.82) is 0 Å². The molecule has 2 fully saturated rings. The molecule has 2 heterocycles. The third kappa shape index (κ3) is 0.948. The van der Waals surface area contributed by atoms with E-state index in [1.807, 2.05) is 4.68 Å². The molecule has 1 aliphatic carbocycles. The summed E-state index contributed by atoms with van der Waals surface area (Å²) in [6.07, 6.45) is 4.73. The van der Waals surface area contributed by atoms with Gasteiger partial charge in [-0.2, -0.15) is 0 Å². The van der Waals surface area contributed by atoms with E-state index in [-0.39, 0.29) is 0 Å². The van der Waals surface area contributed by atoms with Crippen LogP contribution in [0.1, 0.15) is 30.5 Å². The second-order valence-electron chi connectivity index (χ2n) is 3.71. The van der Waals surface area contributed by atoms with Gasteiger partial charge < -0.3 is 5.32 Å². The molecule has 1 aromatic heterocycles. The number of nitrogens with zero attached hydrogens (tertiary/aromatic N) is 3. The number of hydrogen-bond acceptors (Lipinski definition) is 3. The maximum Gasteiger partial charge on any atom is 0.0858 e. The van der Waals surface area contributed by atoms with Crippen molar-refractivity contribution in [2.75, 3.05) is 13.1 Å². The van der Waals surface area contributed by atoms with Crippen LogP contribution in [0.25, 0.3) is 0 Å². The topological polar surface area (TPSA) is 42.7 Å². The molecule has 0 aromatic carbocycles. The Kier molecular flexibility index (Phi) is 1.26. The van der Waals surface area contributed by atoms with Gasteiger partial charge in [0.2, 0.25) is 0 Å². The molecular weight excluding hydrogens is 152 g/mol. The zero-order valence-corrected chi connectivity index (χ0v) is 6.90. The van der Waals surface area contributed by atoms with E-state index in [1.54, 1.807) is 0 Å². The minimum atomic E-state index is 0.560. The van der Waals surface area contributed by atoms with Gasteiger partial charge in [-0.25, -0.2) is 4.68 Å². The molecule has 1 saturated carbocycles. The van der Waals surface area contributed by atoms with Crippen molar-refractivity contribution in [2.24, 2.45) is 0 Å². The Balaban J connectivity index is 1.81. The van der Waals surface area contributed by atoms with Crippen molar-refractivity contribution in [3.63, 3.8) is 0 Å². The molecular formula is C8H12N4. The highest BCUT2D eigenvalue weighted by molar-refractivity contribution is 5.09. The molecule has 1 aliphatic heterocycles. The minimum absolute atomic E-state index is 0.560. The minimum Gasteiger partial charge on any atom is -0.312 e. The lowest BCUT2D eigenvalue weighted by atomic mass is 10.2. The molecule has 12 heavy (non-hydrogen) atoms. The third-order valence-electron chi connectivity index (χ3n) is 2.66. The summed E-state index contributed by atoms with van der Waals surface area (Å²) in [5, 5.41) is 11.5. The predicted octanol–water partition coefficient (Wildman–Crippen LogP) is 0.300. The highest BCUT2D eigenvalue weighted by Gasteiger charge is 2.28. The fourth-order valence-corrected chi connectivity index (χ4v) is 1.50. The summed E-state index contributed by atoms with van der Waals surface area (Å²) in [6.45, 7) is 2.10. The molecule has 4 heteroatoms. The van der Waals surface area contributed by atoms with Crippen LogP contribution in [-0.4, -0.2) is 28.1 Å². The lowest BCUT2D eigenvalue weighted by Crippen LogP contribution is -2.43. The lowest BCUT2D eigenvalue weighted by Gasteiger charge is -2.26. The van der Waals surface area contributed by atoms with Crippen LogP contribution in [0.5, 0.6) is 0 Å². The Morgan fingerprint density at radius 2 is 2.25 bits per heavy atom. The van der Waals surface area contributed by atoms with Gasteiger partial charge in [-0.1, -0.05) is 5.21 Å². The molecule has 3 rings (SSSR count). The van der Waals surface area contributed by atoms with E-state index >= 15 is 0 Å². The first-order valence-corrected chi connectivity index (χ1v) is 4.56. The zero-order chi connectivity index (χ0) is 7.97. The van der Waals surface area contributed by atoms with Crippen LogP contribution >= 0.6 is 0 Å². The molecule has 0 atom stereocenters. The number of aromatic nitrogens is 3. The monoisotopic (exact) mass is 164 g/mol. The molecule has 0 spiro atoms. The molecule has 4 nitrogen and oxygen atoms in total. The normalized spacial score (nSPS) is 24.0. The molecule has 1 aromatic rings. The molecule has 1 N–H and O–H groups in total.